The first-order valence-electron chi connectivity index (χ1n) is 8.34. The van der Waals surface area contributed by atoms with Crippen molar-refractivity contribution >= 4 is 40.3 Å². The van der Waals surface area contributed by atoms with Gasteiger partial charge < -0.3 is 14.5 Å². The summed E-state index contributed by atoms with van der Waals surface area (Å²) in [5, 5.41) is 3.19. The highest BCUT2D eigenvalue weighted by Crippen LogP contribution is 2.18. The van der Waals surface area contributed by atoms with Crippen molar-refractivity contribution in [1.29, 1.82) is 0 Å². The number of rotatable bonds is 6. The summed E-state index contributed by atoms with van der Waals surface area (Å²) in [4.78, 5) is 35.7. The lowest BCUT2D eigenvalue weighted by Crippen LogP contribution is -2.19. The van der Waals surface area contributed by atoms with Gasteiger partial charge >= 0.3 is 11.7 Å². The maximum atomic E-state index is 12.2. The van der Waals surface area contributed by atoms with E-state index >= 15 is 0 Å². The van der Waals surface area contributed by atoms with Crippen molar-refractivity contribution in [2.75, 3.05) is 11.9 Å². The van der Waals surface area contributed by atoms with E-state index < -0.39 is 11.7 Å². The van der Waals surface area contributed by atoms with Crippen LogP contribution < -0.4 is 11.1 Å². The van der Waals surface area contributed by atoms with E-state index in [1.165, 1.54) is 4.57 Å². The van der Waals surface area contributed by atoms with E-state index in [1.54, 1.807) is 49.4 Å². The van der Waals surface area contributed by atoms with E-state index in [-0.39, 0.29) is 18.9 Å². The molecule has 3 rings (SSSR count). The molecule has 1 N–H and O–H groups in total. The maximum Gasteiger partial charge on any atom is 0.419 e. The molecule has 0 bridgehead atoms. The zero-order valence-electron chi connectivity index (χ0n) is 14.5. The Bertz CT molecular complexity index is 1040. The molecule has 0 aliphatic heterocycles. The number of oxazole rings is 1. The molecule has 0 fully saturated rings. The molecule has 1 amide bonds. The minimum atomic E-state index is -0.543. The van der Waals surface area contributed by atoms with Gasteiger partial charge in [0.2, 0.25) is 5.91 Å². The molecule has 0 aliphatic carbocycles. The highest BCUT2D eigenvalue weighted by atomic mass is 35.5. The topological polar surface area (TPSA) is 90.5 Å². The van der Waals surface area contributed by atoms with Crippen LogP contribution in [0.4, 0.5) is 5.69 Å². The summed E-state index contributed by atoms with van der Waals surface area (Å²) in [6, 6.07) is 11.3. The molecular weight excluding hydrogens is 372 g/mol. The van der Waals surface area contributed by atoms with Crippen molar-refractivity contribution in [3.63, 3.8) is 0 Å². The third-order valence-electron chi connectivity index (χ3n) is 3.87. The molecule has 0 unspecified atom stereocenters. The maximum absolute atomic E-state index is 12.2. The van der Waals surface area contributed by atoms with Crippen LogP contribution in [-0.4, -0.2) is 23.1 Å². The number of carbonyl (C=O) groups is 2. The molecule has 140 valence electrons. The predicted octanol–water partition coefficient (Wildman–Crippen LogP) is 3.45. The Kier molecular flexibility index (Phi) is 5.61. The van der Waals surface area contributed by atoms with Gasteiger partial charge in [-0.3, -0.25) is 9.36 Å². The lowest BCUT2D eigenvalue weighted by molar-refractivity contribution is -0.116. The van der Waals surface area contributed by atoms with E-state index in [0.29, 0.717) is 34.0 Å². The second-order valence-corrected chi connectivity index (χ2v) is 6.16. The normalized spacial score (nSPS) is 10.7. The van der Waals surface area contributed by atoms with Crippen LogP contribution in [-0.2, 0) is 16.1 Å². The molecule has 8 heteroatoms. The Hall–Kier alpha value is -3.06. The van der Waals surface area contributed by atoms with E-state index in [9.17, 15) is 14.4 Å². The second kappa shape index (κ2) is 8.09. The molecule has 2 aromatic carbocycles. The molecule has 0 aliphatic rings. The number of halogens is 1. The van der Waals surface area contributed by atoms with Gasteiger partial charge in [0.1, 0.15) is 0 Å². The number of hydrogen-bond donors (Lipinski definition) is 1. The van der Waals surface area contributed by atoms with Gasteiger partial charge in [0, 0.05) is 29.7 Å². The van der Waals surface area contributed by atoms with Crippen LogP contribution in [0.25, 0.3) is 11.1 Å². The molecular formula is C19H17ClN2O5. The van der Waals surface area contributed by atoms with Gasteiger partial charge in [0.05, 0.1) is 17.7 Å². The highest BCUT2D eigenvalue weighted by molar-refractivity contribution is 6.31. The molecule has 1 aromatic heterocycles. The third kappa shape index (κ3) is 4.38. The van der Waals surface area contributed by atoms with Crippen molar-refractivity contribution in [3.8, 4) is 0 Å². The number of amides is 1. The Morgan fingerprint density at radius 2 is 1.93 bits per heavy atom. The van der Waals surface area contributed by atoms with Crippen LogP contribution in [0, 0.1) is 0 Å². The number of fused-ring (bicyclic) bond motifs is 1. The Morgan fingerprint density at radius 1 is 1.19 bits per heavy atom. The lowest BCUT2D eigenvalue weighted by atomic mass is 10.2. The zero-order chi connectivity index (χ0) is 19.4. The number of ether oxygens (including phenoxy) is 1. The van der Waals surface area contributed by atoms with Gasteiger partial charge in [-0.25, -0.2) is 9.59 Å². The number of nitrogens with one attached hydrogen (secondary N) is 1. The summed E-state index contributed by atoms with van der Waals surface area (Å²) in [7, 11) is 0. The molecule has 3 aromatic rings. The van der Waals surface area contributed by atoms with Gasteiger partial charge in [0.25, 0.3) is 0 Å². The summed E-state index contributed by atoms with van der Waals surface area (Å²) >= 11 is 5.88. The fraction of sp³-hybridized carbons (Fsp3) is 0.211. The molecule has 0 radical (unpaired) electrons. The van der Waals surface area contributed by atoms with Gasteiger partial charge in [-0.05, 0) is 43.3 Å². The molecule has 0 saturated carbocycles. The first kappa shape index (κ1) is 18.7. The SMILES string of the molecule is CCOC(=O)c1ccc(NC(=O)CCn2c(=O)oc3cc(Cl)ccc32)cc1. The summed E-state index contributed by atoms with van der Waals surface area (Å²) in [6.45, 7) is 2.20. The Balaban J connectivity index is 1.63. The number of aryl methyl sites for hydroxylation is 1. The molecule has 1 heterocycles. The molecule has 27 heavy (non-hydrogen) atoms. The standard InChI is InChI=1S/C19H17ClN2O5/c1-2-26-18(24)12-3-6-14(7-4-12)21-17(23)9-10-22-15-8-5-13(20)11-16(15)27-19(22)25/h3-8,11H,2,9-10H2,1H3,(H,21,23). The fourth-order valence-corrected chi connectivity index (χ4v) is 2.75. The number of hydrogen-bond acceptors (Lipinski definition) is 5. The van der Waals surface area contributed by atoms with E-state index in [2.05, 4.69) is 5.32 Å². The summed E-state index contributed by atoms with van der Waals surface area (Å²) in [5.74, 6) is -1.23. The quantitative estimate of drug-likeness (QED) is 0.653. The monoisotopic (exact) mass is 388 g/mol. The van der Waals surface area contributed by atoms with Crippen molar-refractivity contribution < 1.29 is 18.7 Å². The number of benzene rings is 2. The lowest BCUT2D eigenvalue weighted by Gasteiger charge is -2.07. The van der Waals surface area contributed by atoms with Gasteiger partial charge in [-0.2, -0.15) is 0 Å². The predicted molar refractivity (Wildman–Crippen MR) is 101 cm³/mol. The molecule has 0 atom stereocenters. The average molecular weight is 389 g/mol. The van der Waals surface area contributed by atoms with Crippen LogP contribution in [0.1, 0.15) is 23.7 Å². The van der Waals surface area contributed by atoms with Crippen molar-refractivity contribution in [3.05, 3.63) is 63.6 Å². The van der Waals surface area contributed by atoms with E-state index in [4.69, 9.17) is 20.8 Å². The van der Waals surface area contributed by atoms with E-state index in [1.807, 2.05) is 0 Å². The third-order valence-corrected chi connectivity index (χ3v) is 4.11. The van der Waals surface area contributed by atoms with Crippen LogP contribution in [0.5, 0.6) is 0 Å². The van der Waals surface area contributed by atoms with Crippen LogP contribution >= 0.6 is 11.6 Å². The minimum Gasteiger partial charge on any atom is -0.462 e. The number of nitrogens with zero attached hydrogens (tertiary/aromatic N) is 1. The minimum absolute atomic E-state index is 0.0802. The number of carbonyl (C=O) groups excluding carboxylic acids is 2. The van der Waals surface area contributed by atoms with Crippen molar-refractivity contribution in [2.24, 2.45) is 0 Å². The van der Waals surface area contributed by atoms with Crippen LogP contribution in [0.2, 0.25) is 5.02 Å². The van der Waals surface area contributed by atoms with Gasteiger partial charge in [0.15, 0.2) is 5.58 Å². The fourth-order valence-electron chi connectivity index (χ4n) is 2.59. The van der Waals surface area contributed by atoms with Crippen LogP contribution in [0.3, 0.4) is 0 Å². The van der Waals surface area contributed by atoms with Crippen molar-refractivity contribution in [1.82, 2.24) is 4.57 Å². The Labute approximate surface area is 159 Å². The number of anilines is 1. The summed E-state index contributed by atoms with van der Waals surface area (Å²) in [5.41, 5.74) is 1.91. The summed E-state index contributed by atoms with van der Waals surface area (Å²) in [6.07, 6.45) is 0.0802. The second-order valence-electron chi connectivity index (χ2n) is 5.73. The molecule has 0 saturated heterocycles. The van der Waals surface area contributed by atoms with Gasteiger partial charge in [-0.15, -0.1) is 0 Å². The van der Waals surface area contributed by atoms with Gasteiger partial charge in [-0.1, -0.05) is 11.6 Å². The first-order chi connectivity index (χ1) is 13.0. The number of esters is 1. The smallest absolute Gasteiger partial charge is 0.419 e. The van der Waals surface area contributed by atoms with Crippen molar-refractivity contribution in [2.45, 2.75) is 19.9 Å². The zero-order valence-corrected chi connectivity index (χ0v) is 15.3. The summed E-state index contributed by atoms with van der Waals surface area (Å²) < 4.78 is 11.4. The van der Waals surface area contributed by atoms with E-state index in [0.717, 1.165) is 0 Å². The van der Waals surface area contributed by atoms with Crippen LogP contribution in [0.15, 0.2) is 51.7 Å². The largest absolute Gasteiger partial charge is 0.462 e. The highest BCUT2D eigenvalue weighted by Gasteiger charge is 2.12. The first-order valence-corrected chi connectivity index (χ1v) is 8.71. The number of aromatic nitrogens is 1. The Morgan fingerprint density at radius 3 is 2.63 bits per heavy atom. The molecule has 7 nitrogen and oxygen atoms in total. The average Bonchev–Trinajstić information content (AvgIpc) is 2.95. The molecule has 0 spiro atoms.